The predicted molar refractivity (Wildman–Crippen MR) is 75.1 cm³/mol. The van der Waals surface area contributed by atoms with Gasteiger partial charge in [0.2, 0.25) is 11.8 Å². The molecule has 5 nitrogen and oxygen atoms in total. The number of ether oxygens (including phenoxy) is 1. The normalized spacial score (nSPS) is 23.1. The third-order valence-electron chi connectivity index (χ3n) is 3.85. The van der Waals surface area contributed by atoms with Gasteiger partial charge in [0, 0.05) is 6.61 Å². The zero-order valence-electron chi connectivity index (χ0n) is 12.7. The summed E-state index contributed by atoms with van der Waals surface area (Å²) in [6.45, 7) is 9.05. The highest BCUT2D eigenvalue weighted by Gasteiger charge is 2.33. The van der Waals surface area contributed by atoms with Gasteiger partial charge < -0.3 is 14.5 Å². The molecule has 1 aromatic rings. The van der Waals surface area contributed by atoms with Crippen LogP contribution in [-0.4, -0.2) is 23.6 Å². The van der Waals surface area contributed by atoms with Crippen molar-refractivity contribution < 1.29 is 13.9 Å². The molecule has 20 heavy (non-hydrogen) atoms. The van der Waals surface area contributed by atoms with E-state index < -0.39 is 0 Å². The number of carbonyl (C=O) groups is 1. The van der Waals surface area contributed by atoms with Crippen LogP contribution in [0.25, 0.3) is 0 Å². The van der Waals surface area contributed by atoms with Gasteiger partial charge in [0.15, 0.2) is 0 Å². The van der Waals surface area contributed by atoms with E-state index in [0.29, 0.717) is 18.4 Å². The average molecular weight is 280 g/mol. The van der Waals surface area contributed by atoms with Gasteiger partial charge in [-0.25, -0.2) is 4.98 Å². The van der Waals surface area contributed by atoms with Crippen molar-refractivity contribution in [2.45, 2.75) is 53.2 Å². The van der Waals surface area contributed by atoms with Gasteiger partial charge in [-0.05, 0) is 32.6 Å². The van der Waals surface area contributed by atoms with Crippen LogP contribution in [0.15, 0.2) is 4.42 Å². The maximum absolute atomic E-state index is 12.3. The zero-order valence-corrected chi connectivity index (χ0v) is 12.7. The summed E-state index contributed by atoms with van der Waals surface area (Å²) in [6, 6.07) is 0. The van der Waals surface area contributed by atoms with Gasteiger partial charge in [-0.2, -0.15) is 0 Å². The highest BCUT2D eigenvalue weighted by atomic mass is 16.5. The molecule has 1 amide bonds. The molecule has 0 aliphatic carbocycles. The van der Waals surface area contributed by atoms with Crippen LogP contribution < -0.4 is 5.32 Å². The van der Waals surface area contributed by atoms with Crippen LogP contribution in [-0.2, 0) is 16.1 Å². The standard InChI is InChI=1S/C15H24N2O3/c1-9(2)14-12(6-5-7-19-14)15(18)16-8-13-17-10(3)11(4)20-13/h9,12,14H,5-8H2,1-4H3,(H,16,18). The van der Waals surface area contributed by atoms with E-state index in [1.807, 2.05) is 13.8 Å². The quantitative estimate of drug-likeness (QED) is 0.919. The lowest BCUT2D eigenvalue weighted by atomic mass is 9.87. The fraction of sp³-hybridized carbons (Fsp3) is 0.733. The molecular weight excluding hydrogens is 256 g/mol. The molecule has 5 heteroatoms. The largest absolute Gasteiger partial charge is 0.444 e. The van der Waals surface area contributed by atoms with Gasteiger partial charge in [0.25, 0.3) is 0 Å². The number of rotatable bonds is 4. The van der Waals surface area contributed by atoms with E-state index in [1.165, 1.54) is 0 Å². The van der Waals surface area contributed by atoms with Crippen molar-refractivity contribution in [1.29, 1.82) is 0 Å². The summed E-state index contributed by atoms with van der Waals surface area (Å²) >= 11 is 0. The van der Waals surface area contributed by atoms with Gasteiger partial charge in [0.05, 0.1) is 24.3 Å². The summed E-state index contributed by atoms with van der Waals surface area (Å²) in [7, 11) is 0. The molecule has 1 aromatic heterocycles. The molecule has 1 aliphatic heterocycles. The molecule has 112 valence electrons. The Morgan fingerprint density at radius 1 is 1.45 bits per heavy atom. The van der Waals surface area contributed by atoms with E-state index in [4.69, 9.17) is 9.15 Å². The second-order valence-corrected chi connectivity index (χ2v) is 5.80. The van der Waals surface area contributed by atoms with Gasteiger partial charge >= 0.3 is 0 Å². The van der Waals surface area contributed by atoms with Crippen LogP contribution in [0, 0.1) is 25.7 Å². The summed E-state index contributed by atoms with van der Waals surface area (Å²) in [4.78, 5) is 16.6. The first kappa shape index (κ1) is 15.0. The summed E-state index contributed by atoms with van der Waals surface area (Å²) in [5.74, 6) is 1.68. The average Bonchev–Trinajstić information content (AvgIpc) is 2.75. The van der Waals surface area contributed by atoms with E-state index in [0.717, 1.165) is 30.9 Å². The number of nitrogens with zero attached hydrogens (tertiary/aromatic N) is 1. The molecule has 2 heterocycles. The molecule has 2 rings (SSSR count). The molecule has 1 fully saturated rings. The monoisotopic (exact) mass is 280 g/mol. The SMILES string of the molecule is Cc1nc(CNC(=O)C2CCCOC2C(C)C)oc1C. The van der Waals surface area contributed by atoms with Crippen molar-refractivity contribution in [1.82, 2.24) is 10.3 Å². The summed E-state index contributed by atoms with van der Waals surface area (Å²) in [5.41, 5.74) is 0.871. The van der Waals surface area contributed by atoms with Crippen LogP contribution in [0.3, 0.4) is 0 Å². The number of aromatic nitrogens is 1. The molecule has 1 saturated heterocycles. The molecule has 1 aliphatic rings. The number of oxazole rings is 1. The predicted octanol–water partition coefficient (Wildman–Crippen LogP) is 2.36. The topological polar surface area (TPSA) is 64.4 Å². The first-order valence-corrected chi connectivity index (χ1v) is 7.31. The molecule has 0 spiro atoms. The van der Waals surface area contributed by atoms with E-state index in [9.17, 15) is 4.79 Å². The fourth-order valence-corrected chi connectivity index (χ4v) is 2.65. The van der Waals surface area contributed by atoms with E-state index in [-0.39, 0.29) is 17.9 Å². The molecule has 2 atom stereocenters. The number of hydrogen-bond donors (Lipinski definition) is 1. The molecule has 0 saturated carbocycles. The number of carbonyl (C=O) groups excluding carboxylic acids is 1. The van der Waals surface area contributed by atoms with Crippen molar-refractivity contribution in [3.8, 4) is 0 Å². The number of hydrogen-bond acceptors (Lipinski definition) is 4. The highest BCUT2D eigenvalue weighted by molar-refractivity contribution is 5.79. The molecule has 0 radical (unpaired) electrons. The van der Waals surface area contributed by atoms with Crippen LogP contribution in [0.4, 0.5) is 0 Å². The second-order valence-electron chi connectivity index (χ2n) is 5.80. The van der Waals surface area contributed by atoms with Crippen LogP contribution in [0.5, 0.6) is 0 Å². The van der Waals surface area contributed by atoms with Gasteiger partial charge in [-0.1, -0.05) is 13.8 Å². The van der Waals surface area contributed by atoms with Crippen LogP contribution >= 0.6 is 0 Å². The Balaban J connectivity index is 1.93. The minimum absolute atomic E-state index is 0.0109. The highest BCUT2D eigenvalue weighted by Crippen LogP contribution is 2.26. The smallest absolute Gasteiger partial charge is 0.226 e. The number of aryl methyl sites for hydroxylation is 2. The minimum atomic E-state index is -0.0686. The summed E-state index contributed by atoms with van der Waals surface area (Å²) in [6.07, 6.45) is 1.84. The number of amides is 1. The third kappa shape index (κ3) is 3.39. The maximum atomic E-state index is 12.3. The Kier molecular flexibility index (Phi) is 4.81. The molecule has 0 aromatic carbocycles. The van der Waals surface area contributed by atoms with Crippen molar-refractivity contribution in [3.63, 3.8) is 0 Å². The fourth-order valence-electron chi connectivity index (χ4n) is 2.65. The van der Waals surface area contributed by atoms with Gasteiger partial charge in [-0.3, -0.25) is 4.79 Å². The Morgan fingerprint density at radius 2 is 2.20 bits per heavy atom. The van der Waals surface area contributed by atoms with Crippen molar-refractivity contribution in [2.24, 2.45) is 11.8 Å². The van der Waals surface area contributed by atoms with Gasteiger partial charge in [-0.15, -0.1) is 0 Å². The first-order chi connectivity index (χ1) is 9.49. The summed E-state index contributed by atoms with van der Waals surface area (Å²) in [5, 5.41) is 2.92. The van der Waals surface area contributed by atoms with Crippen molar-refractivity contribution in [3.05, 3.63) is 17.3 Å². The molecule has 1 N–H and O–H groups in total. The molecule has 0 bridgehead atoms. The van der Waals surface area contributed by atoms with Crippen molar-refractivity contribution in [2.75, 3.05) is 6.61 Å². The molecular formula is C15H24N2O3. The lowest BCUT2D eigenvalue weighted by molar-refractivity contribution is -0.137. The lowest BCUT2D eigenvalue weighted by Gasteiger charge is -2.33. The lowest BCUT2D eigenvalue weighted by Crippen LogP contribution is -2.43. The number of nitrogens with one attached hydrogen (secondary N) is 1. The Morgan fingerprint density at radius 3 is 2.80 bits per heavy atom. The van der Waals surface area contributed by atoms with E-state index in [2.05, 4.69) is 24.1 Å². The van der Waals surface area contributed by atoms with E-state index >= 15 is 0 Å². The Bertz CT molecular complexity index is 448. The summed E-state index contributed by atoms with van der Waals surface area (Å²) < 4.78 is 11.2. The Labute approximate surface area is 120 Å². The zero-order chi connectivity index (χ0) is 14.7. The van der Waals surface area contributed by atoms with Crippen LogP contribution in [0.2, 0.25) is 0 Å². The molecule has 2 unspecified atom stereocenters. The maximum Gasteiger partial charge on any atom is 0.226 e. The third-order valence-corrected chi connectivity index (χ3v) is 3.85. The first-order valence-electron chi connectivity index (χ1n) is 7.31. The Hall–Kier alpha value is -1.36. The van der Waals surface area contributed by atoms with Crippen LogP contribution in [0.1, 0.15) is 44.0 Å². The van der Waals surface area contributed by atoms with E-state index in [1.54, 1.807) is 0 Å². The second kappa shape index (κ2) is 6.39. The van der Waals surface area contributed by atoms with Gasteiger partial charge in [0.1, 0.15) is 5.76 Å². The van der Waals surface area contributed by atoms with Crippen molar-refractivity contribution >= 4 is 5.91 Å². The minimum Gasteiger partial charge on any atom is -0.444 e.